The molecule has 5 rings (SSSR count). The van der Waals surface area contributed by atoms with Crippen LogP contribution in [-0.2, 0) is 11.4 Å². The van der Waals surface area contributed by atoms with Crippen LogP contribution in [0.15, 0.2) is 75.5 Å². The molecule has 44 heavy (non-hydrogen) atoms. The highest BCUT2D eigenvalue weighted by molar-refractivity contribution is 9.10. The number of hydrogen-bond donors (Lipinski definition) is 2. The summed E-state index contributed by atoms with van der Waals surface area (Å²) in [5.41, 5.74) is 4.47. The summed E-state index contributed by atoms with van der Waals surface area (Å²) in [6.45, 7) is 6.21. The maximum Gasteiger partial charge on any atom is 0.255 e. The second-order valence-corrected chi connectivity index (χ2v) is 13.1. The van der Waals surface area contributed by atoms with E-state index < -0.39 is 6.04 Å². The van der Waals surface area contributed by atoms with Crippen LogP contribution in [0.2, 0.25) is 10.0 Å². The highest BCUT2D eigenvalue weighted by atomic mass is 79.9. The van der Waals surface area contributed by atoms with E-state index in [0.29, 0.717) is 54.1 Å². The number of allylic oxidation sites excluding steroid dienone is 1. The molecule has 230 valence electrons. The van der Waals surface area contributed by atoms with E-state index in [1.165, 1.54) is 0 Å². The van der Waals surface area contributed by atoms with Gasteiger partial charge in [0, 0.05) is 32.7 Å². The number of carbonyl (C=O) groups is 1. The fourth-order valence-corrected chi connectivity index (χ4v) is 6.80. The third-order valence-electron chi connectivity index (χ3n) is 7.04. The van der Waals surface area contributed by atoms with Gasteiger partial charge in [-0.15, -0.1) is 5.10 Å². The van der Waals surface area contributed by atoms with Gasteiger partial charge in [-0.2, -0.15) is 4.98 Å². The number of benzene rings is 3. The van der Waals surface area contributed by atoms with Gasteiger partial charge in [-0.05, 0) is 83.7 Å². The quantitative estimate of drug-likeness (QED) is 0.118. The van der Waals surface area contributed by atoms with Crippen molar-refractivity contribution in [1.82, 2.24) is 14.8 Å². The van der Waals surface area contributed by atoms with E-state index in [1.807, 2.05) is 56.3 Å². The Kier molecular flexibility index (Phi) is 10.5. The minimum atomic E-state index is -0.603. The number of rotatable bonds is 11. The largest absolute Gasteiger partial charge is 0.493 e. The SMILES string of the molecule is CCCCSc1nc2n(n1)C(c1cc(Br)c(OCc3ccc(Cl)cc3Cl)c(OC)c1)C(C(=O)Nc1cccc(C)c1)=C(C)N2. The molecule has 0 saturated heterocycles. The van der Waals surface area contributed by atoms with Gasteiger partial charge in [0.25, 0.3) is 5.91 Å². The van der Waals surface area contributed by atoms with E-state index in [1.54, 1.807) is 35.7 Å². The van der Waals surface area contributed by atoms with Crippen LogP contribution < -0.4 is 20.1 Å². The number of halogens is 3. The molecule has 0 spiro atoms. The van der Waals surface area contributed by atoms with Gasteiger partial charge in [0.2, 0.25) is 11.1 Å². The van der Waals surface area contributed by atoms with Crippen molar-refractivity contribution in [1.29, 1.82) is 0 Å². The van der Waals surface area contributed by atoms with E-state index in [2.05, 4.69) is 33.5 Å². The van der Waals surface area contributed by atoms with Gasteiger partial charge < -0.3 is 20.1 Å². The van der Waals surface area contributed by atoms with Crippen molar-refractivity contribution in [2.24, 2.45) is 0 Å². The second-order valence-electron chi connectivity index (χ2n) is 10.3. The van der Waals surface area contributed by atoms with Crippen LogP contribution in [0.1, 0.15) is 49.4 Å². The van der Waals surface area contributed by atoms with E-state index in [-0.39, 0.29) is 12.5 Å². The number of methoxy groups -OCH3 is 1. The molecule has 2 N–H and O–H groups in total. The smallest absolute Gasteiger partial charge is 0.255 e. The summed E-state index contributed by atoms with van der Waals surface area (Å²) in [6, 6.07) is 16.1. The number of fused-ring (bicyclic) bond motifs is 1. The molecule has 4 aromatic rings. The molecule has 0 fully saturated rings. The Labute approximate surface area is 279 Å². The number of hydrogen-bond acceptors (Lipinski definition) is 7. The topological polar surface area (TPSA) is 90.3 Å². The molecule has 2 heterocycles. The predicted octanol–water partition coefficient (Wildman–Crippen LogP) is 9.06. The minimum Gasteiger partial charge on any atom is -0.493 e. The van der Waals surface area contributed by atoms with Crippen LogP contribution in [0.4, 0.5) is 11.6 Å². The van der Waals surface area contributed by atoms with Gasteiger partial charge in [0.15, 0.2) is 11.5 Å². The van der Waals surface area contributed by atoms with E-state index in [0.717, 1.165) is 35.3 Å². The molecule has 3 aromatic carbocycles. The summed E-state index contributed by atoms with van der Waals surface area (Å²) in [5.74, 6) is 2.19. The summed E-state index contributed by atoms with van der Waals surface area (Å²) in [6.07, 6.45) is 2.14. The number of aromatic nitrogens is 3. The molecule has 0 radical (unpaired) electrons. The standard InChI is InChI=1S/C32H32BrCl2N5O3S/c1-5-6-12-44-32-38-31-36-19(3)27(30(41)37-23-9-7-8-18(2)13-23)28(40(31)39-32)21-14-24(33)29(26(15-21)42-4)43-17-20-10-11-22(34)16-25(20)35/h7-11,13-16,28H,5-6,12,17H2,1-4H3,(H,37,41)(H,36,38,39). The highest BCUT2D eigenvalue weighted by Gasteiger charge is 2.35. The third-order valence-corrected chi connectivity index (χ3v) is 9.14. The Bertz CT molecular complexity index is 1730. The second kappa shape index (κ2) is 14.3. The van der Waals surface area contributed by atoms with Crippen LogP contribution in [-0.4, -0.2) is 33.5 Å². The summed E-state index contributed by atoms with van der Waals surface area (Å²) in [5, 5.41) is 12.9. The Balaban J connectivity index is 1.54. The number of ether oxygens (including phenoxy) is 2. The Morgan fingerprint density at radius 1 is 1.16 bits per heavy atom. The Hall–Kier alpha value is -3.18. The van der Waals surface area contributed by atoms with Crippen molar-refractivity contribution in [2.75, 3.05) is 23.5 Å². The number of amides is 1. The zero-order valence-electron chi connectivity index (χ0n) is 24.7. The Morgan fingerprint density at radius 2 is 1.98 bits per heavy atom. The first kappa shape index (κ1) is 32.2. The van der Waals surface area contributed by atoms with Gasteiger partial charge in [0.05, 0.1) is 17.2 Å². The number of thioether (sulfide) groups is 1. The summed E-state index contributed by atoms with van der Waals surface area (Å²) in [7, 11) is 1.58. The first-order valence-electron chi connectivity index (χ1n) is 14.1. The lowest BCUT2D eigenvalue weighted by Crippen LogP contribution is -2.31. The summed E-state index contributed by atoms with van der Waals surface area (Å²) in [4.78, 5) is 18.7. The van der Waals surface area contributed by atoms with Crippen LogP contribution >= 0.6 is 50.9 Å². The predicted molar refractivity (Wildman–Crippen MR) is 181 cm³/mol. The maximum absolute atomic E-state index is 14.0. The van der Waals surface area contributed by atoms with Crippen LogP contribution in [0.25, 0.3) is 0 Å². The van der Waals surface area contributed by atoms with E-state index in [4.69, 9.17) is 42.8 Å². The molecule has 8 nitrogen and oxygen atoms in total. The first-order valence-corrected chi connectivity index (χ1v) is 16.6. The third kappa shape index (κ3) is 7.20. The highest BCUT2D eigenvalue weighted by Crippen LogP contribution is 2.43. The molecule has 1 aromatic heterocycles. The van der Waals surface area contributed by atoms with E-state index >= 15 is 0 Å². The number of anilines is 2. The van der Waals surface area contributed by atoms with Crippen LogP contribution in [0, 0.1) is 6.92 Å². The lowest BCUT2D eigenvalue weighted by atomic mass is 9.94. The first-order chi connectivity index (χ1) is 21.2. The molecule has 0 bridgehead atoms. The van der Waals surface area contributed by atoms with Crippen molar-refractivity contribution in [3.8, 4) is 11.5 Å². The van der Waals surface area contributed by atoms with E-state index in [9.17, 15) is 4.79 Å². The van der Waals surface area contributed by atoms with Crippen LogP contribution in [0.3, 0.4) is 0 Å². The summed E-state index contributed by atoms with van der Waals surface area (Å²) >= 11 is 17.7. The van der Waals surface area contributed by atoms with Gasteiger partial charge >= 0.3 is 0 Å². The monoisotopic (exact) mass is 715 g/mol. The van der Waals surface area contributed by atoms with Gasteiger partial charge in [0.1, 0.15) is 12.6 Å². The van der Waals surface area contributed by atoms with Gasteiger partial charge in [-0.3, -0.25) is 4.79 Å². The molecular weight excluding hydrogens is 685 g/mol. The zero-order chi connectivity index (χ0) is 31.4. The van der Waals surface area contributed by atoms with Crippen molar-refractivity contribution < 1.29 is 14.3 Å². The average Bonchev–Trinajstić information content (AvgIpc) is 3.38. The Morgan fingerprint density at radius 3 is 2.70 bits per heavy atom. The zero-order valence-corrected chi connectivity index (χ0v) is 28.6. The molecule has 0 aliphatic carbocycles. The lowest BCUT2D eigenvalue weighted by molar-refractivity contribution is -0.113. The lowest BCUT2D eigenvalue weighted by Gasteiger charge is -2.29. The van der Waals surface area contributed by atoms with Crippen molar-refractivity contribution in [2.45, 2.75) is 51.4 Å². The number of aryl methyl sites for hydroxylation is 1. The van der Waals surface area contributed by atoms with Gasteiger partial charge in [-0.25, -0.2) is 4.68 Å². The fraction of sp³-hybridized carbons (Fsp3) is 0.281. The molecule has 1 unspecified atom stereocenters. The van der Waals surface area contributed by atoms with Gasteiger partial charge in [-0.1, -0.05) is 66.5 Å². The molecular formula is C32H32BrCl2N5O3S. The normalized spacial score (nSPS) is 14.2. The number of nitrogens with zero attached hydrogens (tertiary/aromatic N) is 3. The number of carbonyl (C=O) groups excluding carboxylic acids is 1. The van der Waals surface area contributed by atoms with Crippen molar-refractivity contribution in [3.63, 3.8) is 0 Å². The number of nitrogens with one attached hydrogen (secondary N) is 2. The summed E-state index contributed by atoms with van der Waals surface area (Å²) < 4.78 is 14.4. The molecule has 1 aliphatic heterocycles. The minimum absolute atomic E-state index is 0.201. The molecule has 12 heteroatoms. The maximum atomic E-state index is 14.0. The number of unbranched alkanes of at least 4 members (excludes halogenated alkanes) is 1. The molecule has 1 atom stereocenters. The molecule has 1 aliphatic rings. The van der Waals surface area contributed by atoms with Crippen molar-refractivity contribution in [3.05, 3.63) is 97.1 Å². The fourth-order valence-electron chi connectivity index (χ4n) is 4.85. The van der Waals surface area contributed by atoms with Crippen LogP contribution in [0.5, 0.6) is 11.5 Å². The molecule has 0 saturated carbocycles. The van der Waals surface area contributed by atoms with Crippen molar-refractivity contribution >= 4 is 68.4 Å². The average molecular weight is 718 g/mol. The molecule has 1 amide bonds.